The van der Waals surface area contributed by atoms with Crippen molar-refractivity contribution >= 4 is 21.7 Å². The predicted molar refractivity (Wildman–Crippen MR) is 70.8 cm³/mol. The van der Waals surface area contributed by atoms with Gasteiger partial charge in [0.1, 0.15) is 5.69 Å². The average Bonchev–Trinajstić information content (AvgIpc) is 2.41. The van der Waals surface area contributed by atoms with Crippen molar-refractivity contribution in [2.45, 2.75) is 6.42 Å². The van der Waals surface area contributed by atoms with Crippen LogP contribution >= 0.6 is 15.9 Å². The molecule has 0 aliphatic carbocycles. The third-order valence-corrected chi connectivity index (χ3v) is 2.94. The molecule has 1 aromatic heterocycles. The molecule has 0 saturated carbocycles. The molecule has 92 valence electrons. The van der Waals surface area contributed by atoms with Gasteiger partial charge in [-0.2, -0.15) is 0 Å². The Bertz CT molecular complexity index is 538. The van der Waals surface area contributed by atoms with E-state index in [1.807, 2.05) is 24.3 Å². The number of carbonyl (C=O) groups is 1. The van der Waals surface area contributed by atoms with Gasteiger partial charge >= 0.3 is 0 Å². The summed E-state index contributed by atoms with van der Waals surface area (Å²) in [6.07, 6.45) is 0.314. The first-order valence-electron chi connectivity index (χ1n) is 5.34. The minimum Gasteiger partial charge on any atom is -0.480 e. The molecule has 5 heteroatoms. The highest BCUT2D eigenvalue weighted by molar-refractivity contribution is 9.10. The molecule has 1 heterocycles. The minimum absolute atomic E-state index is 0.0625. The monoisotopic (exact) mass is 306 g/mol. The van der Waals surface area contributed by atoms with E-state index in [-0.39, 0.29) is 5.78 Å². The maximum Gasteiger partial charge on any atom is 0.233 e. The van der Waals surface area contributed by atoms with Crippen LogP contribution in [0.3, 0.4) is 0 Å². The Morgan fingerprint density at radius 3 is 2.44 bits per heavy atom. The van der Waals surface area contributed by atoms with Gasteiger partial charge in [-0.25, -0.2) is 0 Å². The van der Waals surface area contributed by atoms with Gasteiger partial charge in [0.2, 0.25) is 5.88 Å². The maximum atomic E-state index is 11.9. The summed E-state index contributed by atoms with van der Waals surface area (Å²) in [5.41, 5.74) is 1.29. The van der Waals surface area contributed by atoms with Gasteiger partial charge in [0.25, 0.3) is 0 Å². The first-order chi connectivity index (χ1) is 8.69. The second-order valence-corrected chi connectivity index (χ2v) is 4.60. The number of halogens is 1. The molecule has 0 atom stereocenters. The quantitative estimate of drug-likeness (QED) is 0.815. The molecular formula is C13H11BrN2O2. The number of rotatable bonds is 4. The molecule has 0 amide bonds. The second kappa shape index (κ2) is 5.73. The van der Waals surface area contributed by atoms with Crippen LogP contribution in [0.15, 0.2) is 40.9 Å². The van der Waals surface area contributed by atoms with E-state index >= 15 is 0 Å². The fraction of sp³-hybridized carbons (Fsp3) is 0.154. The molecule has 1 aromatic carbocycles. The zero-order valence-electron chi connectivity index (χ0n) is 9.76. The third kappa shape index (κ3) is 3.13. The average molecular weight is 307 g/mol. The molecule has 18 heavy (non-hydrogen) atoms. The van der Waals surface area contributed by atoms with Crippen LogP contribution in [0.25, 0.3) is 0 Å². The van der Waals surface area contributed by atoms with Crippen molar-refractivity contribution < 1.29 is 9.53 Å². The number of methoxy groups -OCH3 is 1. The molecule has 0 fully saturated rings. The number of hydrogen-bond donors (Lipinski definition) is 0. The van der Waals surface area contributed by atoms with Crippen molar-refractivity contribution in [1.29, 1.82) is 0 Å². The van der Waals surface area contributed by atoms with Gasteiger partial charge in [-0.05, 0) is 23.8 Å². The Labute approximate surface area is 113 Å². The van der Waals surface area contributed by atoms with Crippen LogP contribution in [-0.4, -0.2) is 23.1 Å². The van der Waals surface area contributed by atoms with Gasteiger partial charge in [-0.1, -0.05) is 28.1 Å². The number of Topliss-reactive ketones (excluding diaryl/α,β-unsaturated/α-hetero) is 1. The van der Waals surface area contributed by atoms with E-state index in [1.54, 1.807) is 12.1 Å². The highest BCUT2D eigenvalue weighted by Crippen LogP contribution is 2.12. The first-order valence-corrected chi connectivity index (χ1v) is 6.13. The summed E-state index contributed by atoms with van der Waals surface area (Å²) in [6, 6.07) is 10.9. The van der Waals surface area contributed by atoms with Gasteiger partial charge < -0.3 is 4.74 Å². The van der Waals surface area contributed by atoms with Gasteiger partial charge in [0.15, 0.2) is 5.78 Å². The number of benzene rings is 1. The SMILES string of the molecule is COc1ccc(C(=O)Cc2ccc(Br)cc2)nn1. The van der Waals surface area contributed by atoms with Crippen LogP contribution in [0.4, 0.5) is 0 Å². The highest BCUT2D eigenvalue weighted by Gasteiger charge is 2.09. The minimum atomic E-state index is -0.0625. The van der Waals surface area contributed by atoms with Gasteiger partial charge in [0.05, 0.1) is 7.11 Å². The molecule has 0 N–H and O–H groups in total. The van der Waals surface area contributed by atoms with Crippen molar-refractivity contribution in [1.82, 2.24) is 10.2 Å². The lowest BCUT2D eigenvalue weighted by atomic mass is 10.1. The summed E-state index contributed by atoms with van der Waals surface area (Å²) < 4.78 is 5.88. The number of ketones is 1. The molecule has 0 aliphatic heterocycles. The van der Waals surface area contributed by atoms with Crippen molar-refractivity contribution in [2.75, 3.05) is 7.11 Å². The van der Waals surface area contributed by atoms with Gasteiger partial charge in [-0.15, -0.1) is 10.2 Å². The predicted octanol–water partition coefficient (Wildman–Crippen LogP) is 2.67. The Hall–Kier alpha value is -1.75. The zero-order valence-corrected chi connectivity index (χ0v) is 11.3. The molecule has 0 unspecified atom stereocenters. The van der Waals surface area contributed by atoms with Crippen LogP contribution in [0.5, 0.6) is 5.88 Å². The third-order valence-electron chi connectivity index (χ3n) is 2.41. The summed E-state index contributed by atoms with van der Waals surface area (Å²) in [6.45, 7) is 0. The molecule has 2 rings (SSSR count). The molecule has 0 saturated heterocycles. The highest BCUT2D eigenvalue weighted by atomic mass is 79.9. The van der Waals surface area contributed by atoms with E-state index in [0.717, 1.165) is 10.0 Å². The summed E-state index contributed by atoms with van der Waals surface area (Å²) in [7, 11) is 1.51. The smallest absolute Gasteiger partial charge is 0.233 e. The Kier molecular flexibility index (Phi) is 4.04. The van der Waals surface area contributed by atoms with E-state index in [4.69, 9.17) is 4.74 Å². The molecule has 0 radical (unpaired) electrons. The number of nitrogens with zero attached hydrogens (tertiary/aromatic N) is 2. The summed E-state index contributed by atoms with van der Waals surface area (Å²) in [4.78, 5) is 11.9. The summed E-state index contributed by atoms with van der Waals surface area (Å²) >= 11 is 3.35. The van der Waals surface area contributed by atoms with E-state index < -0.39 is 0 Å². The Morgan fingerprint density at radius 2 is 1.89 bits per heavy atom. The van der Waals surface area contributed by atoms with Gasteiger partial charge in [-0.3, -0.25) is 4.79 Å². The number of hydrogen-bond acceptors (Lipinski definition) is 4. The van der Waals surface area contributed by atoms with E-state index in [2.05, 4.69) is 26.1 Å². The maximum absolute atomic E-state index is 11.9. The fourth-order valence-electron chi connectivity index (χ4n) is 1.46. The fourth-order valence-corrected chi connectivity index (χ4v) is 1.72. The number of carbonyl (C=O) groups excluding carboxylic acids is 1. The van der Waals surface area contributed by atoms with E-state index in [0.29, 0.717) is 18.0 Å². The molecule has 0 spiro atoms. The second-order valence-electron chi connectivity index (χ2n) is 3.69. The molecule has 0 aliphatic rings. The first kappa shape index (κ1) is 12.7. The van der Waals surface area contributed by atoms with Crippen LogP contribution in [0.2, 0.25) is 0 Å². The van der Waals surface area contributed by atoms with E-state index in [1.165, 1.54) is 7.11 Å². The van der Waals surface area contributed by atoms with Crippen LogP contribution < -0.4 is 4.74 Å². The zero-order chi connectivity index (χ0) is 13.0. The van der Waals surface area contributed by atoms with Crippen LogP contribution in [-0.2, 0) is 6.42 Å². The van der Waals surface area contributed by atoms with E-state index in [9.17, 15) is 4.79 Å². The summed E-state index contributed by atoms with van der Waals surface area (Å²) in [5, 5.41) is 7.60. The molecular weight excluding hydrogens is 296 g/mol. The van der Waals surface area contributed by atoms with Gasteiger partial charge in [0, 0.05) is 17.0 Å². The molecule has 0 bridgehead atoms. The Morgan fingerprint density at radius 1 is 1.17 bits per heavy atom. The molecule has 4 nitrogen and oxygen atoms in total. The van der Waals surface area contributed by atoms with Crippen LogP contribution in [0.1, 0.15) is 16.1 Å². The summed E-state index contributed by atoms with van der Waals surface area (Å²) in [5.74, 6) is 0.336. The van der Waals surface area contributed by atoms with Crippen molar-refractivity contribution in [3.05, 3.63) is 52.1 Å². The largest absolute Gasteiger partial charge is 0.480 e. The lowest BCUT2D eigenvalue weighted by Crippen LogP contribution is -2.07. The van der Waals surface area contributed by atoms with Crippen molar-refractivity contribution in [3.8, 4) is 5.88 Å². The number of aromatic nitrogens is 2. The topological polar surface area (TPSA) is 52.1 Å². The molecule has 2 aromatic rings. The van der Waals surface area contributed by atoms with Crippen molar-refractivity contribution in [2.24, 2.45) is 0 Å². The lowest BCUT2D eigenvalue weighted by molar-refractivity contribution is 0.0987. The normalized spacial score (nSPS) is 10.1. The Balaban J connectivity index is 2.09. The van der Waals surface area contributed by atoms with Crippen LogP contribution in [0, 0.1) is 0 Å². The number of ether oxygens (including phenoxy) is 1. The lowest BCUT2D eigenvalue weighted by Gasteiger charge is -2.01. The van der Waals surface area contributed by atoms with Crippen molar-refractivity contribution in [3.63, 3.8) is 0 Å². The standard InChI is InChI=1S/C13H11BrN2O2/c1-18-13-7-6-11(15-16-13)12(17)8-9-2-4-10(14)5-3-9/h2-7H,8H2,1H3.